The van der Waals surface area contributed by atoms with E-state index in [4.69, 9.17) is 4.74 Å². The first-order chi connectivity index (χ1) is 14.1. The van der Waals surface area contributed by atoms with Gasteiger partial charge in [-0.1, -0.05) is 0 Å². The van der Waals surface area contributed by atoms with Crippen LogP contribution in [-0.4, -0.2) is 36.7 Å². The zero-order valence-corrected chi connectivity index (χ0v) is 17.0. The Morgan fingerprint density at radius 2 is 2.00 bits per heavy atom. The van der Waals surface area contributed by atoms with E-state index in [1.807, 2.05) is 42.7 Å². The lowest BCUT2D eigenvalue weighted by Crippen LogP contribution is -2.28. The summed E-state index contributed by atoms with van der Waals surface area (Å²) in [5, 5.41) is 3.77. The second-order valence-electron chi connectivity index (χ2n) is 6.81. The SMILES string of the molecule is COc1ccc(NC(=O)C2CC(=O)N(c3ccc(SC)cc3)C2)c2cccnc12. The van der Waals surface area contributed by atoms with E-state index in [0.29, 0.717) is 23.5 Å². The van der Waals surface area contributed by atoms with Crippen LogP contribution in [-0.2, 0) is 9.59 Å². The number of amides is 2. The zero-order chi connectivity index (χ0) is 20.4. The number of nitrogens with zero attached hydrogens (tertiary/aromatic N) is 2. The third-order valence-corrected chi connectivity index (χ3v) is 5.83. The van der Waals surface area contributed by atoms with Crippen LogP contribution < -0.4 is 15.0 Å². The third kappa shape index (κ3) is 3.78. The van der Waals surface area contributed by atoms with Gasteiger partial charge in [0.05, 0.1) is 18.7 Å². The van der Waals surface area contributed by atoms with E-state index in [2.05, 4.69) is 10.3 Å². The molecule has 0 saturated carbocycles. The summed E-state index contributed by atoms with van der Waals surface area (Å²) in [4.78, 5) is 32.6. The van der Waals surface area contributed by atoms with Crippen LogP contribution in [0.1, 0.15) is 6.42 Å². The van der Waals surface area contributed by atoms with E-state index in [1.54, 1.807) is 42.1 Å². The van der Waals surface area contributed by atoms with E-state index in [-0.39, 0.29) is 18.2 Å². The smallest absolute Gasteiger partial charge is 0.229 e. The molecule has 0 spiro atoms. The standard InChI is InChI=1S/C22H21N3O3S/c1-28-19-10-9-18(17-4-3-11-23-21(17)19)24-22(27)14-12-20(26)25(13-14)15-5-7-16(29-2)8-6-15/h3-11,14H,12-13H2,1-2H3,(H,24,27). The molecule has 6 nitrogen and oxygen atoms in total. The van der Waals surface area contributed by atoms with Crippen molar-refractivity contribution in [3.05, 3.63) is 54.7 Å². The lowest BCUT2D eigenvalue weighted by molar-refractivity contribution is -0.122. The number of benzene rings is 2. The summed E-state index contributed by atoms with van der Waals surface area (Å²) in [5.74, 6) is 0.0336. The van der Waals surface area contributed by atoms with Crippen LogP contribution in [0.2, 0.25) is 0 Å². The van der Waals surface area contributed by atoms with Crippen molar-refractivity contribution < 1.29 is 14.3 Å². The quantitative estimate of drug-likeness (QED) is 0.649. The van der Waals surface area contributed by atoms with E-state index in [9.17, 15) is 9.59 Å². The fourth-order valence-electron chi connectivity index (χ4n) is 3.55. The van der Waals surface area contributed by atoms with Crippen LogP contribution in [0.5, 0.6) is 5.75 Å². The molecule has 1 N–H and O–H groups in total. The molecule has 2 aromatic carbocycles. The van der Waals surface area contributed by atoms with E-state index in [1.165, 1.54) is 0 Å². The number of carbonyl (C=O) groups excluding carboxylic acids is 2. The lowest BCUT2D eigenvalue weighted by Gasteiger charge is -2.17. The summed E-state index contributed by atoms with van der Waals surface area (Å²) in [6.45, 7) is 0.371. The summed E-state index contributed by atoms with van der Waals surface area (Å²) >= 11 is 1.65. The van der Waals surface area contributed by atoms with E-state index in [0.717, 1.165) is 16.0 Å². The van der Waals surface area contributed by atoms with Crippen LogP contribution >= 0.6 is 11.8 Å². The van der Waals surface area contributed by atoms with Gasteiger partial charge in [-0.15, -0.1) is 11.8 Å². The fraction of sp³-hybridized carbons (Fsp3) is 0.227. The largest absolute Gasteiger partial charge is 0.494 e. The number of hydrogen-bond acceptors (Lipinski definition) is 5. The van der Waals surface area contributed by atoms with Gasteiger partial charge in [-0.2, -0.15) is 0 Å². The Bertz CT molecular complexity index is 1070. The molecule has 3 aromatic rings. The lowest BCUT2D eigenvalue weighted by atomic mass is 10.1. The topological polar surface area (TPSA) is 71.5 Å². The highest BCUT2D eigenvalue weighted by atomic mass is 32.2. The van der Waals surface area contributed by atoms with Crippen molar-refractivity contribution in [1.29, 1.82) is 0 Å². The maximum atomic E-state index is 12.9. The van der Waals surface area contributed by atoms with Crippen LogP contribution in [0.25, 0.3) is 10.9 Å². The van der Waals surface area contributed by atoms with Crippen molar-refractivity contribution in [3.8, 4) is 5.75 Å². The Morgan fingerprint density at radius 1 is 1.21 bits per heavy atom. The summed E-state index contributed by atoms with van der Waals surface area (Å²) in [6.07, 6.45) is 3.89. The van der Waals surface area contributed by atoms with Crippen molar-refractivity contribution in [1.82, 2.24) is 4.98 Å². The van der Waals surface area contributed by atoms with Gasteiger partial charge in [-0.25, -0.2) is 0 Å². The highest BCUT2D eigenvalue weighted by Crippen LogP contribution is 2.31. The van der Waals surface area contributed by atoms with Gasteiger partial charge >= 0.3 is 0 Å². The Morgan fingerprint density at radius 3 is 2.72 bits per heavy atom. The first kappa shape index (κ1) is 19.3. The predicted octanol–water partition coefficient (Wildman–Crippen LogP) is 3.96. The minimum atomic E-state index is -0.406. The molecular formula is C22H21N3O3S. The van der Waals surface area contributed by atoms with Crippen molar-refractivity contribution in [3.63, 3.8) is 0 Å². The Hall–Kier alpha value is -3.06. The minimum absolute atomic E-state index is 0.0386. The number of ether oxygens (including phenoxy) is 1. The molecule has 148 valence electrons. The molecule has 2 heterocycles. The van der Waals surface area contributed by atoms with E-state index < -0.39 is 5.92 Å². The van der Waals surface area contributed by atoms with Gasteiger partial charge in [-0.3, -0.25) is 14.6 Å². The van der Waals surface area contributed by atoms with Crippen molar-refractivity contribution >= 4 is 45.9 Å². The molecule has 29 heavy (non-hydrogen) atoms. The van der Waals surface area contributed by atoms with Crippen LogP contribution in [0.3, 0.4) is 0 Å². The monoisotopic (exact) mass is 407 g/mol. The van der Waals surface area contributed by atoms with Crippen molar-refractivity contribution in [2.45, 2.75) is 11.3 Å². The average Bonchev–Trinajstić information content (AvgIpc) is 3.16. The number of hydrogen-bond donors (Lipinski definition) is 1. The van der Waals surface area contributed by atoms with Gasteiger partial charge in [0.1, 0.15) is 11.3 Å². The maximum Gasteiger partial charge on any atom is 0.229 e. The molecule has 1 unspecified atom stereocenters. The van der Waals surface area contributed by atoms with Crippen LogP contribution in [0.4, 0.5) is 11.4 Å². The molecule has 0 radical (unpaired) electrons. The Kier molecular flexibility index (Phi) is 5.40. The number of methoxy groups -OCH3 is 1. The number of fused-ring (bicyclic) bond motifs is 1. The second kappa shape index (κ2) is 8.13. The molecular weight excluding hydrogens is 386 g/mol. The number of rotatable bonds is 5. The van der Waals surface area contributed by atoms with Gasteiger partial charge < -0.3 is 15.0 Å². The number of pyridine rings is 1. The highest BCUT2D eigenvalue weighted by molar-refractivity contribution is 7.98. The normalized spacial score (nSPS) is 16.3. The molecule has 1 saturated heterocycles. The number of anilines is 2. The van der Waals surface area contributed by atoms with Gasteiger partial charge in [0.25, 0.3) is 0 Å². The van der Waals surface area contributed by atoms with Gasteiger partial charge in [0.2, 0.25) is 11.8 Å². The first-order valence-corrected chi connectivity index (χ1v) is 10.5. The summed E-state index contributed by atoms with van der Waals surface area (Å²) in [7, 11) is 1.59. The molecule has 0 bridgehead atoms. The predicted molar refractivity (Wildman–Crippen MR) is 116 cm³/mol. The average molecular weight is 407 g/mol. The van der Waals surface area contributed by atoms with Crippen molar-refractivity contribution in [2.75, 3.05) is 30.1 Å². The Labute approximate surface area is 173 Å². The molecule has 1 atom stereocenters. The molecule has 0 aliphatic carbocycles. The Balaban J connectivity index is 1.52. The van der Waals surface area contributed by atoms with Gasteiger partial charge in [-0.05, 0) is 54.8 Å². The fourth-order valence-corrected chi connectivity index (χ4v) is 3.96. The van der Waals surface area contributed by atoms with Gasteiger partial charge in [0.15, 0.2) is 0 Å². The first-order valence-electron chi connectivity index (χ1n) is 9.27. The van der Waals surface area contributed by atoms with Gasteiger partial charge in [0, 0.05) is 35.1 Å². The molecule has 7 heteroatoms. The third-order valence-electron chi connectivity index (χ3n) is 5.09. The molecule has 1 aliphatic rings. The molecule has 4 rings (SSSR count). The molecule has 1 fully saturated rings. The van der Waals surface area contributed by atoms with Crippen molar-refractivity contribution in [2.24, 2.45) is 5.92 Å². The molecule has 1 aromatic heterocycles. The van der Waals surface area contributed by atoms with E-state index >= 15 is 0 Å². The minimum Gasteiger partial charge on any atom is -0.494 e. The molecule has 1 aliphatic heterocycles. The maximum absolute atomic E-state index is 12.9. The molecule has 2 amide bonds. The number of carbonyl (C=O) groups is 2. The summed E-state index contributed by atoms with van der Waals surface area (Å²) in [5.41, 5.74) is 2.17. The summed E-state index contributed by atoms with van der Waals surface area (Å²) < 4.78 is 5.35. The second-order valence-corrected chi connectivity index (χ2v) is 7.69. The summed E-state index contributed by atoms with van der Waals surface area (Å²) in [6, 6.07) is 15.1. The van der Waals surface area contributed by atoms with Crippen LogP contribution in [0, 0.1) is 5.92 Å². The zero-order valence-electron chi connectivity index (χ0n) is 16.2. The number of nitrogens with one attached hydrogen (secondary N) is 1. The highest BCUT2D eigenvalue weighted by Gasteiger charge is 2.35. The number of aromatic nitrogens is 1. The number of thioether (sulfide) groups is 1. The van der Waals surface area contributed by atoms with Crippen LogP contribution in [0.15, 0.2) is 59.6 Å².